The van der Waals surface area contributed by atoms with Crippen molar-refractivity contribution in [3.8, 4) is 11.5 Å². The average Bonchev–Trinajstić information content (AvgIpc) is 3.40. The molecule has 42 heavy (non-hydrogen) atoms. The van der Waals surface area contributed by atoms with Gasteiger partial charge >= 0.3 is 0 Å². The van der Waals surface area contributed by atoms with Gasteiger partial charge in [-0.3, -0.25) is 9.59 Å². The first kappa shape index (κ1) is 25.1. The van der Waals surface area contributed by atoms with E-state index in [4.69, 9.17) is 23.2 Å². The third-order valence-corrected chi connectivity index (χ3v) is 12.2. The Hall–Kier alpha value is -3.42. The molecule has 3 N–H and O–H groups in total. The molecule has 9 rings (SSSR count). The predicted molar refractivity (Wildman–Crippen MR) is 163 cm³/mol. The fraction of sp³-hybridized carbons (Fsp3) is 0.394. The first-order valence-electron chi connectivity index (χ1n) is 14.6. The molecular formula is C33H29Cl2N3O4. The molecule has 0 radical (unpaired) electrons. The third-order valence-electron chi connectivity index (χ3n) is 11.5. The molecule has 3 unspecified atom stereocenters. The normalized spacial score (nSPS) is 31.5. The van der Waals surface area contributed by atoms with Gasteiger partial charge in [-0.05, 0) is 48.3 Å². The Balaban J connectivity index is 1.04. The van der Waals surface area contributed by atoms with Crippen LogP contribution in [0.1, 0.15) is 47.8 Å². The summed E-state index contributed by atoms with van der Waals surface area (Å²) in [6.45, 7) is 2.95. The summed E-state index contributed by atoms with van der Waals surface area (Å²) >= 11 is 12.9. The van der Waals surface area contributed by atoms with Crippen LogP contribution in [0.4, 0.5) is 11.4 Å². The van der Waals surface area contributed by atoms with Gasteiger partial charge < -0.3 is 25.0 Å². The summed E-state index contributed by atoms with van der Waals surface area (Å²) in [5, 5.41) is 24.3. The molecule has 3 saturated carbocycles. The van der Waals surface area contributed by atoms with Gasteiger partial charge in [0.15, 0.2) is 0 Å². The fourth-order valence-electron chi connectivity index (χ4n) is 9.49. The SMILES string of the molecule is Cc1c[nH]c2c(O)cc3c(c12)[C@H](CCl)CN3C(=O)C12CC3(C(=O)N4C[C@@H](CCl)c5c4cc(O)c4ccccc54)CC31C2. The van der Waals surface area contributed by atoms with Gasteiger partial charge in [0.05, 0.1) is 27.7 Å². The Morgan fingerprint density at radius 2 is 1.45 bits per heavy atom. The third kappa shape index (κ3) is 2.63. The molecule has 1 spiro atoms. The van der Waals surface area contributed by atoms with Gasteiger partial charge in [0.1, 0.15) is 11.5 Å². The molecule has 5 atom stereocenters. The van der Waals surface area contributed by atoms with E-state index in [0.29, 0.717) is 49.6 Å². The van der Waals surface area contributed by atoms with Crippen LogP contribution in [0, 0.1) is 23.2 Å². The van der Waals surface area contributed by atoms with E-state index in [1.807, 2.05) is 47.2 Å². The maximum absolute atomic E-state index is 14.3. The van der Waals surface area contributed by atoms with Crippen LogP contribution in [0.5, 0.6) is 11.5 Å². The van der Waals surface area contributed by atoms with Gasteiger partial charge in [-0.2, -0.15) is 0 Å². The van der Waals surface area contributed by atoms with Crippen molar-refractivity contribution in [2.24, 2.45) is 16.2 Å². The first-order chi connectivity index (χ1) is 20.2. The van der Waals surface area contributed by atoms with Crippen LogP contribution in [-0.4, -0.2) is 51.9 Å². The van der Waals surface area contributed by atoms with Gasteiger partial charge in [0, 0.05) is 71.2 Å². The van der Waals surface area contributed by atoms with E-state index in [-0.39, 0.29) is 40.6 Å². The number of hydrogen-bond acceptors (Lipinski definition) is 4. The number of aromatic amines is 1. The van der Waals surface area contributed by atoms with E-state index in [9.17, 15) is 19.8 Å². The average molecular weight is 603 g/mol. The lowest BCUT2D eigenvalue weighted by Gasteiger charge is -2.37. The summed E-state index contributed by atoms with van der Waals surface area (Å²) in [7, 11) is 0. The zero-order chi connectivity index (χ0) is 28.9. The van der Waals surface area contributed by atoms with E-state index in [0.717, 1.165) is 44.2 Å². The van der Waals surface area contributed by atoms with E-state index >= 15 is 0 Å². The molecule has 3 aromatic carbocycles. The number of aryl methyl sites for hydroxylation is 1. The summed E-state index contributed by atoms with van der Waals surface area (Å²) in [6.07, 6.45) is 3.83. The number of phenols is 2. The summed E-state index contributed by atoms with van der Waals surface area (Å²) in [5.41, 5.74) is 3.80. The molecule has 1 aromatic heterocycles. The van der Waals surface area contributed by atoms with Gasteiger partial charge in [0.25, 0.3) is 0 Å². The van der Waals surface area contributed by atoms with Gasteiger partial charge in [-0.1, -0.05) is 24.3 Å². The highest BCUT2D eigenvalue weighted by Crippen LogP contribution is 3.01. The summed E-state index contributed by atoms with van der Waals surface area (Å²) in [5.74, 6) is 1.07. The van der Waals surface area contributed by atoms with Crippen LogP contribution in [-0.2, 0) is 9.59 Å². The monoisotopic (exact) mass is 601 g/mol. The number of benzene rings is 3. The number of carbonyl (C=O) groups is 2. The highest BCUT2D eigenvalue weighted by atomic mass is 35.5. The van der Waals surface area contributed by atoms with Crippen molar-refractivity contribution in [3.63, 3.8) is 0 Å². The number of fused-ring (bicyclic) bond motifs is 6. The van der Waals surface area contributed by atoms with Crippen LogP contribution in [0.3, 0.4) is 0 Å². The van der Waals surface area contributed by atoms with Crippen molar-refractivity contribution in [2.45, 2.75) is 38.0 Å². The number of hydrogen-bond donors (Lipinski definition) is 3. The van der Waals surface area contributed by atoms with Crippen molar-refractivity contribution < 1.29 is 19.8 Å². The van der Waals surface area contributed by atoms with E-state index < -0.39 is 10.8 Å². The molecular weight excluding hydrogens is 573 g/mol. The van der Waals surface area contributed by atoms with Gasteiger partial charge in [-0.15, -0.1) is 23.2 Å². The van der Waals surface area contributed by atoms with Crippen molar-refractivity contribution in [1.29, 1.82) is 0 Å². The zero-order valence-corrected chi connectivity index (χ0v) is 24.5. The van der Waals surface area contributed by atoms with Crippen molar-refractivity contribution in [1.82, 2.24) is 4.98 Å². The number of anilines is 2. The number of H-pyrrole nitrogens is 1. The standard InChI is InChI=1S/C33H29Cl2N3O4/c1-16-10-36-28-24(40)7-22-27(25(16)28)18(9-35)12-38(22)30(42)32-13-31(14-33(31,32)15-32)29(41)37-11-17(8-34)26-20-5-3-2-4-19(20)23(39)6-21(26)37/h2-7,10,17-18,36,39-40H,8-9,11-15H2,1H3/t17-,18-,31?,32?,33?/m1/s1. The molecule has 9 heteroatoms. The minimum absolute atomic E-state index is 0.0251. The number of amides is 2. The minimum atomic E-state index is -0.543. The van der Waals surface area contributed by atoms with E-state index in [1.165, 1.54) is 0 Å². The molecule has 4 aromatic rings. The Morgan fingerprint density at radius 3 is 2.07 bits per heavy atom. The van der Waals surface area contributed by atoms with E-state index in [2.05, 4.69) is 4.98 Å². The molecule has 3 aliphatic carbocycles. The minimum Gasteiger partial charge on any atom is -0.507 e. The topological polar surface area (TPSA) is 96.9 Å². The second-order valence-electron chi connectivity index (χ2n) is 13.2. The number of phenolic OH excluding ortho intramolecular Hbond substituents is 2. The second kappa shape index (κ2) is 7.74. The van der Waals surface area contributed by atoms with Crippen LogP contribution >= 0.6 is 23.2 Å². The number of nitrogens with one attached hydrogen (secondary N) is 1. The highest BCUT2D eigenvalue weighted by molar-refractivity contribution is 6.20. The Morgan fingerprint density at radius 1 is 0.881 bits per heavy atom. The number of nitrogens with zero attached hydrogens (tertiary/aromatic N) is 2. The largest absolute Gasteiger partial charge is 0.507 e. The molecule has 7 nitrogen and oxygen atoms in total. The van der Waals surface area contributed by atoms with Crippen molar-refractivity contribution >= 4 is 68.1 Å². The molecule has 0 bridgehead atoms. The number of carbonyl (C=O) groups excluding carboxylic acids is 2. The lowest BCUT2D eigenvalue weighted by molar-refractivity contribution is -0.134. The van der Waals surface area contributed by atoms with Crippen LogP contribution < -0.4 is 9.80 Å². The van der Waals surface area contributed by atoms with E-state index in [1.54, 1.807) is 12.1 Å². The van der Waals surface area contributed by atoms with Crippen molar-refractivity contribution in [2.75, 3.05) is 34.6 Å². The Labute approximate surface area is 252 Å². The number of halogens is 2. The molecule has 2 aliphatic heterocycles. The van der Waals surface area contributed by atoms with Crippen LogP contribution in [0.2, 0.25) is 0 Å². The molecule has 2 amide bonds. The Kier molecular flexibility index (Phi) is 4.63. The molecule has 5 aliphatic rings. The smallest absolute Gasteiger partial charge is 0.233 e. The number of alkyl halides is 2. The van der Waals surface area contributed by atoms with Gasteiger partial charge in [0.2, 0.25) is 11.8 Å². The number of rotatable bonds is 4. The first-order valence-corrected chi connectivity index (χ1v) is 15.6. The zero-order valence-electron chi connectivity index (χ0n) is 23.0. The van der Waals surface area contributed by atoms with Crippen LogP contribution in [0.25, 0.3) is 21.7 Å². The van der Waals surface area contributed by atoms with Crippen molar-refractivity contribution in [3.05, 3.63) is 59.3 Å². The predicted octanol–water partition coefficient (Wildman–Crippen LogP) is 6.25. The maximum atomic E-state index is 14.3. The summed E-state index contributed by atoms with van der Waals surface area (Å²) in [4.78, 5) is 35.4. The Bertz CT molecular complexity index is 1940. The summed E-state index contributed by atoms with van der Waals surface area (Å²) < 4.78 is 0. The molecule has 214 valence electrons. The second-order valence-corrected chi connectivity index (χ2v) is 13.9. The number of aromatic hydroxyl groups is 2. The van der Waals surface area contributed by atoms with Gasteiger partial charge in [-0.25, -0.2) is 0 Å². The maximum Gasteiger partial charge on any atom is 0.233 e. The number of aromatic nitrogens is 1. The lowest BCUT2D eigenvalue weighted by atomic mass is 9.72. The lowest BCUT2D eigenvalue weighted by Crippen LogP contribution is -2.49. The fourth-order valence-corrected chi connectivity index (χ4v) is 9.99. The molecule has 0 saturated heterocycles. The van der Waals surface area contributed by atoms with Crippen LogP contribution in [0.15, 0.2) is 42.6 Å². The highest BCUT2D eigenvalue weighted by Gasteiger charge is 3.01. The quantitative estimate of drug-likeness (QED) is 0.241. The molecule has 3 heterocycles. The molecule has 3 fully saturated rings. The summed E-state index contributed by atoms with van der Waals surface area (Å²) in [6, 6.07) is 11.1.